The fraction of sp³-hybridized carbons (Fsp3) is 0.923. The van der Waals surface area contributed by atoms with Gasteiger partial charge in [-0.15, -0.1) is 0 Å². The maximum absolute atomic E-state index is 8.76. The number of rotatable bonds is 4. The van der Waals surface area contributed by atoms with Gasteiger partial charge in [0.25, 0.3) is 0 Å². The molecule has 0 spiro atoms. The minimum Gasteiger partial charge on any atom is -0.313 e. The number of nitrogens with one attached hydrogen (secondary N) is 1. The Balaban J connectivity index is 1.81. The molecule has 84 valence electrons. The van der Waals surface area contributed by atoms with Gasteiger partial charge in [-0.1, -0.05) is 20.3 Å². The van der Waals surface area contributed by atoms with Gasteiger partial charge in [-0.3, -0.25) is 0 Å². The van der Waals surface area contributed by atoms with E-state index in [1.165, 1.54) is 32.1 Å². The van der Waals surface area contributed by atoms with E-state index in [2.05, 4.69) is 25.2 Å². The van der Waals surface area contributed by atoms with Crippen LogP contribution in [0.4, 0.5) is 0 Å². The fourth-order valence-corrected chi connectivity index (χ4v) is 2.81. The lowest BCUT2D eigenvalue weighted by atomic mass is 9.87. The Morgan fingerprint density at radius 1 is 1.33 bits per heavy atom. The standard InChI is InChI=1S/C13H22N2/c1-12(2)5-3-4-11(12)15-10-13(6-7-13)8-9-14/h11,15H,3-8,10H2,1-2H3. The van der Waals surface area contributed by atoms with Crippen molar-refractivity contribution in [2.24, 2.45) is 10.8 Å². The monoisotopic (exact) mass is 206 g/mol. The molecule has 0 amide bonds. The molecule has 0 radical (unpaired) electrons. The van der Waals surface area contributed by atoms with Crippen LogP contribution in [0.1, 0.15) is 52.4 Å². The van der Waals surface area contributed by atoms with Crippen LogP contribution in [0.5, 0.6) is 0 Å². The molecule has 0 aromatic heterocycles. The molecule has 15 heavy (non-hydrogen) atoms. The van der Waals surface area contributed by atoms with Crippen LogP contribution in [-0.4, -0.2) is 12.6 Å². The minimum atomic E-state index is 0.355. The summed E-state index contributed by atoms with van der Waals surface area (Å²) in [5, 5.41) is 12.5. The third-order valence-electron chi connectivity index (χ3n) is 4.39. The Hall–Kier alpha value is -0.550. The van der Waals surface area contributed by atoms with Crippen molar-refractivity contribution in [2.75, 3.05) is 6.54 Å². The normalized spacial score (nSPS) is 31.1. The van der Waals surface area contributed by atoms with Gasteiger partial charge in [-0.2, -0.15) is 5.26 Å². The van der Waals surface area contributed by atoms with E-state index in [0.29, 0.717) is 16.9 Å². The second-order valence-corrected chi connectivity index (χ2v) is 6.15. The highest BCUT2D eigenvalue weighted by molar-refractivity contribution is 5.02. The Labute approximate surface area is 93.0 Å². The molecule has 0 aliphatic heterocycles. The molecule has 0 saturated heterocycles. The quantitative estimate of drug-likeness (QED) is 0.767. The SMILES string of the molecule is CC1(C)CCCC1NCC1(CC#N)CC1. The van der Waals surface area contributed by atoms with Crippen LogP contribution in [0.25, 0.3) is 0 Å². The predicted molar refractivity (Wildman–Crippen MR) is 61.3 cm³/mol. The summed E-state index contributed by atoms with van der Waals surface area (Å²) in [5.74, 6) is 0. The van der Waals surface area contributed by atoms with Crippen molar-refractivity contribution in [3.63, 3.8) is 0 Å². The molecule has 1 N–H and O–H groups in total. The van der Waals surface area contributed by atoms with Crippen molar-refractivity contribution in [1.82, 2.24) is 5.32 Å². The van der Waals surface area contributed by atoms with Crippen LogP contribution in [0.2, 0.25) is 0 Å². The zero-order valence-electron chi connectivity index (χ0n) is 9.97. The highest BCUT2D eigenvalue weighted by Gasteiger charge is 2.44. The number of nitriles is 1. The van der Waals surface area contributed by atoms with Crippen molar-refractivity contribution in [2.45, 2.75) is 58.4 Å². The summed E-state index contributed by atoms with van der Waals surface area (Å²) >= 11 is 0. The molecule has 2 aliphatic carbocycles. The molecule has 2 fully saturated rings. The summed E-state index contributed by atoms with van der Waals surface area (Å²) in [6.07, 6.45) is 7.26. The van der Waals surface area contributed by atoms with Gasteiger partial charge in [0.05, 0.1) is 6.07 Å². The van der Waals surface area contributed by atoms with Gasteiger partial charge in [0, 0.05) is 19.0 Å². The Bertz CT molecular complexity index is 271. The van der Waals surface area contributed by atoms with E-state index in [1.807, 2.05) is 0 Å². The highest BCUT2D eigenvalue weighted by atomic mass is 15.0. The maximum Gasteiger partial charge on any atom is 0.0628 e. The second kappa shape index (κ2) is 3.79. The van der Waals surface area contributed by atoms with E-state index in [-0.39, 0.29) is 0 Å². The summed E-state index contributed by atoms with van der Waals surface area (Å²) in [6, 6.07) is 3.00. The summed E-state index contributed by atoms with van der Waals surface area (Å²) in [4.78, 5) is 0. The molecule has 2 heteroatoms. The van der Waals surface area contributed by atoms with Gasteiger partial charge in [-0.05, 0) is 36.5 Å². The maximum atomic E-state index is 8.76. The zero-order chi connectivity index (χ0) is 10.9. The molecule has 2 aliphatic rings. The largest absolute Gasteiger partial charge is 0.313 e. The van der Waals surface area contributed by atoms with Crippen LogP contribution >= 0.6 is 0 Å². The van der Waals surface area contributed by atoms with Crippen LogP contribution in [0, 0.1) is 22.2 Å². The molecule has 0 bridgehead atoms. The first kappa shape index (κ1) is 11.0. The number of hydrogen-bond acceptors (Lipinski definition) is 2. The van der Waals surface area contributed by atoms with E-state index in [4.69, 9.17) is 5.26 Å². The zero-order valence-corrected chi connectivity index (χ0v) is 9.97. The van der Waals surface area contributed by atoms with Crippen molar-refractivity contribution in [3.05, 3.63) is 0 Å². The van der Waals surface area contributed by atoms with E-state index >= 15 is 0 Å². The van der Waals surface area contributed by atoms with Crippen LogP contribution in [0.15, 0.2) is 0 Å². The summed E-state index contributed by atoms with van der Waals surface area (Å²) < 4.78 is 0. The van der Waals surface area contributed by atoms with Gasteiger partial charge < -0.3 is 5.32 Å². The molecule has 0 aromatic carbocycles. The smallest absolute Gasteiger partial charge is 0.0628 e. The average molecular weight is 206 g/mol. The molecule has 2 nitrogen and oxygen atoms in total. The van der Waals surface area contributed by atoms with Gasteiger partial charge in [-0.25, -0.2) is 0 Å². The first-order chi connectivity index (χ1) is 7.08. The molecule has 2 saturated carbocycles. The first-order valence-corrected chi connectivity index (χ1v) is 6.18. The number of nitrogens with zero attached hydrogens (tertiary/aromatic N) is 1. The van der Waals surface area contributed by atoms with Gasteiger partial charge >= 0.3 is 0 Å². The van der Waals surface area contributed by atoms with E-state index in [9.17, 15) is 0 Å². The van der Waals surface area contributed by atoms with E-state index < -0.39 is 0 Å². The fourth-order valence-electron chi connectivity index (χ4n) is 2.81. The summed E-state index contributed by atoms with van der Waals surface area (Å²) in [6.45, 7) is 5.79. The number of hydrogen-bond donors (Lipinski definition) is 1. The van der Waals surface area contributed by atoms with E-state index in [0.717, 1.165) is 13.0 Å². The molecular formula is C13H22N2. The Morgan fingerprint density at radius 3 is 2.53 bits per heavy atom. The van der Waals surface area contributed by atoms with Gasteiger partial charge in [0.15, 0.2) is 0 Å². The lowest BCUT2D eigenvalue weighted by molar-refractivity contribution is 0.267. The lowest BCUT2D eigenvalue weighted by Crippen LogP contribution is -2.40. The van der Waals surface area contributed by atoms with Crippen molar-refractivity contribution < 1.29 is 0 Å². The van der Waals surface area contributed by atoms with Crippen LogP contribution in [-0.2, 0) is 0 Å². The third kappa shape index (κ3) is 2.34. The van der Waals surface area contributed by atoms with E-state index in [1.54, 1.807) is 0 Å². The molecule has 0 heterocycles. The van der Waals surface area contributed by atoms with Crippen molar-refractivity contribution >= 4 is 0 Å². The third-order valence-corrected chi connectivity index (χ3v) is 4.39. The van der Waals surface area contributed by atoms with Crippen molar-refractivity contribution in [3.8, 4) is 6.07 Å². The van der Waals surface area contributed by atoms with Crippen LogP contribution < -0.4 is 5.32 Å². The molecule has 1 atom stereocenters. The van der Waals surface area contributed by atoms with Crippen LogP contribution in [0.3, 0.4) is 0 Å². The molecule has 2 rings (SSSR count). The minimum absolute atomic E-state index is 0.355. The lowest BCUT2D eigenvalue weighted by Gasteiger charge is -2.29. The molecule has 1 unspecified atom stereocenters. The second-order valence-electron chi connectivity index (χ2n) is 6.15. The van der Waals surface area contributed by atoms with Gasteiger partial charge in [0.2, 0.25) is 0 Å². The summed E-state index contributed by atoms with van der Waals surface area (Å²) in [5.41, 5.74) is 0.816. The van der Waals surface area contributed by atoms with Gasteiger partial charge in [0.1, 0.15) is 0 Å². The first-order valence-electron chi connectivity index (χ1n) is 6.18. The Kier molecular flexibility index (Phi) is 2.77. The topological polar surface area (TPSA) is 35.8 Å². The average Bonchev–Trinajstić information content (AvgIpc) is 2.84. The Morgan fingerprint density at radius 2 is 2.07 bits per heavy atom. The van der Waals surface area contributed by atoms with Crippen molar-refractivity contribution in [1.29, 1.82) is 5.26 Å². The summed E-state index contributed by atoms with van der Waals surface area (Å²) in [7, 11) is 0. The predicted octanol–water partition coefficient (Wildman–Crippen LogP) is 2.85. The highest BCUT2D eigenvalue weighted by Crippen LogP contribution is 2.48. The molecule has 0 aromatic rings. The molecular weight excluding hydrogens is 184 g/mol.